The van der Waals surface area contributed by atoms with E-state index in [-0.39, 0.29) is 5.91 Å². The predicted octanol–water partition coefficient (Wildman–Crippen LogP) is 1.72. The Labute approximate surface area is 108 Å². The molecule has 1 aliphatic heterocycles. The number of rotatable bonds is 2. The van der Waals surface area contributed by atoms with Gasteiger partial charge in [-0.1, -0.05) is 0 Å². The molecule has 1 unspecified atom stereocenters. The first-order valence-electron chi connectivity index (χ1n) is 6.42. The molecule has 0 bridgehead atoms. The molecule has 1 heterocycles. The molecule has 1 saturated heterocycles. The Hall–Kier alpha value is -1.71. The first-order valence-corrected chi connectivity index (χ1v) is 6.42. The van der Waals surface area contributed by atoms with Crippen molar-refractivity contribution < 1.29 is 4.79 Å². The Bertz CT molecular complexity index is 416. The van der Waals surface area contributed by atoms with Crippen LogP contribution < -0.4 is 10.6 Å². The van der Waals surface area contributed by atoms with E-state index in [0.717, 1.165) is 31.6 Å². The van der Waals surface area contributed by atoms with Crippen molar-refractivity contribution in [3.63, 3.8) is 0 Å². The van der Waals surface area contributed by atoms with Crippen LogP contribution in [0.3, 0.4) is 0 Å². The van der Waals surface area contributed by atoms with Gasteiger partial charge in [-0.15, -0.1) is 0 Å². The number of hydrogen-bond acceptors (Lipinski definition) is 3. The molecular weight excluding hydrogens is 226 g/mol. The van der Waals surface area contributed by atoms with Gasteiger partial charge < -0.3 is 15.5 Å². The number of amides is 1. The fraction of sp³-hybridized carbons (Fsp3) is 0.500. The van der Waals surface area contributed by atoms with Gasteiger partial charge in [0.2, 0.25) is 5.91 Å². The molecule has 18 heavy (non-hydrogen) atoms. The molecule has 1 amide bonds. The minimum absolute atomic E-state index is 0.138. The number of anilines is 2. The lowest BCUT2D eigenvalue weighted by atomic mass is 10.0. The number of hydrogen-bond donors (Lipinski definition) is 1. The fourth-order valence-electron chi connectivity index (χ4n) is 2.45. The van der Waals surface area contributed by atoms with Gasteiger partial charge in [0.05, 0.1) is 0 Å². The highest BCUT2D eigenvalue weighted by Crippen LogP contribution is 2.22. The third-order valence-corrected chi connectivity index (χ3v) is 3.70. The summed E-state index contributed by atoms with van der Waals surface area (Å²) in [7, 11) is 1.89. The predicted molar refractivity (Wildman–Crippen MR) is 74.5 cm³/mol. The lowest BCUT2D eigenvalue weighted by Crippen LogP contribution is -2.48. The van der Waals surface area contributed by atoms with E-state index >= 15 is 0 Å². The highest BCUT2D eigenvalue weighted by Gasteiger charge is 2.24. The second-order valence-electron chi connectivity index (χ2n) is 4.96. The quantitative estimate of drug-likeness (QED) is 0.809. The van der Waals surface area contributed by atoms with Crippen molar-refractivity contribution in [1.82, 2.24) is 4.90 Å². The minimum Gasteiger partial charge on any atom is -0.399 e. The maximum Gasteiger partial charge on any atom is 0.219 e. The first kappa shape index (κ1) is 12.7. The summed E-state index contributed by atoms with van der Waals surface area (Å²) >= 11 is 0. The van der Waals surface area contributed by atoms with Gasteiger partial charge in [0.25, 0.3) is 0 Å². The average Bonchev–Trinajstić information content (AvgIpc) is 2.38. The maximum absolute atomic E-state index is 11.4. The van der Waals surface area contributed by atoms with E-state index in [1.165, 1.54) is 5.69 Å². The number of nitrogens with zero attached hydrogens (tertiary/aromatic N) is 2. The van der Waals surface area contributed by atoms with Crippen LogP contribution in [0.25, 0.3) is 0 Å². The van der Waals surface area contributed by atoms with E-state index < -0.39 is 0 Å². The van der Waals surface area contributed by atoms with E-state index in [1.54, 1.807) is 6.92 Å². The topological polar surface area (TPSA) is 49.6 Å². The number of likely N-dealkylation sites (N-methyl/N-ethyl adjacent to an activating group) is 1. The van der Waals surface area contributed by atoms with Crippen LogP contribution >= 0.6 is 0 Å². The summed E-state index contributed by atoms with van der Waals surface area (Å²) in [4.78, 5) is 15.6. The smallest absolute Gasteiger partial charge is 0.219 e. The van der Waals surface area contributed by atoms with Gasteiger partial charge in [-0.2, -0.15) is 0 Å². The van der Waals surface area contributed by atoms with Crippen LogP contribution in [-0.4, -0.2) is 37.0 Å². The van der Waals surface area contributed by atoms with Crippen molar-refractivity contribution in [2.75, 3.05) is 30.8 Å². The number of benzene rings is 1. The molecule has 0 radical (unpaired) electrons. The second-order valence-corrected chi connectivity index (χ2v) is 4.96. The molecule has 1 fully saturated rings. The summed E-state index contributed by atoms with van der Waals surface area (Å²) in [6.07, 6.45) is 2.20. The minimum atomic E-state index is 0.138. The zero-order valence-electron chi connectivity index (χ0n) is 11.1. The van der Waals surface area contributed by atoms with Crippen LogP contribution in [0, 0.1) is 0 Å². The van der Waals surface area contributed by atoms with Crippen LogP contribution in [0.5, 0.6) is 0 Å². The van der Waals surface area contributed by atoms with Gasteiger partial charge in [0.1, 0.15) is 0 Å². The zero-order valence-corrected chi connectivity index (χ0v) is 11.1. The van der Waals surface area contributed by atoms with Crippen LogP contribution in [0.1, 0.15) is 19.8 Å². The van der Waals surface area contributed by atoms with E-state index in [2.05, 4.69) is 4.90 Å². The first-order chi connectivity index (χ1) is 8.58. The zero-order chi connectivity index (χ0) is 13.1. The standard InChI is InChI=1S/C14H21N3O/c1-11(18)16(2)14-4-3-9-17(10-14)13-7-5-12(15)6-8-13/h5-8,14H,3-4,9-10,15H2,1-2H3. The van der Waals surface area contributed by atoms with Gasteiger partial charge in [-0.3, -0.25) is 4.79 Å². The van der Waals surface area contributed by atoms with Crippen LogP contribution in [0.15, 0.2) is 24.3 Å². The summed E-state index contributed by atoms with van der Waals surface area (Å²) in [5.41, 5.74) is 7.67. The second kappa shape index (κ2) is 5.29. The van der Waals surface area contributed by atoms with Gasteiger partial charge >= 0.3 is 0 Å². The third-order valence-electron chi connectivity index (χ3n) is 3.70. The molecule has 2 rings (SSSR count). The number of nitrogens with two attached hydrogens (primary N) is 1. The Kier molecular flexibility index (Phi) is 3.75. The summed E-state index contributed by atoms with van der Waals surface area (Å²) in [5, 5.41) is 0. The van der Waals surface area contributed by atoms with Crippen molar-refractivity contribution in [2.45, 2.75) is 25.8 Å². The summed E-state index contributed by atoms with van der Waals surface area (Å²) in [5.74, 6) is 0.138. The Morgan fingerprint density at radius 1 is 1.39 bits per heavy atom. The molecule has 1 atom stereocenters. The Morgan fingerprint density at radius 2 is 2.06 bits per heavy atom. The van der Waals surface area contributed by atoms with Crippen LogP contribution in [-0.2, 0) is 4.79 Å². The third kappa shape index (κ3) is 2.75. The SMILES string of the molecule is CC(=O)N(C)C1CCCN(c2ccc(N)cc2)C1. The number of piperidine rings is 1. The highest BCUT2D eigenvalue weighted by molar-refractivity contribution is 5.73. The van der Waals surface area contributed by atoms with Gasteiger partial charge in [-0.05, 0) is 37.1 Å². The largest absolute Gasteiger partial charge is 0.399 e. The number of carbonyl (C=O) groups excluding carboxylic acids is 1. The molecule has 1 aromatic carbocycles. The molecule has 1 aromatic rings. The molecular formula is C14H21N3O. The van der Waals surface area contributed by atoms with Crippen LogP contribution in [0.4, 0.5) is 11.4 Å². The molecule has 0 aliphatic carbocycles. The Morgan fingerprint density at radius 3 is 2.67 bits per heavy atom. The summed E-state index contributed by atoms with van der Waals surface area (Å²) < 4.78 is 0. The summed E-state index contributed by atoms with van der Waals surface area (Å²) in [6.45, 7) is 3.58. The van der Waals surface area contributed by atoms with E-state index in [9.17, 15) is 4.79 Å². The number of carbonyl (C=O) groups is 1. The molecule has 0 saturated carbocycles. The molecule has 98 valence electrons. The van der Waals surface area contributed by atoms with E-state index in [4.69, 9.17) is 5.73 Å². The maximum atomic E-state index is 11.4. The lowest BCUT2D eigenvalue weighted by Gasteiger charge is -2.38. The van der Waals surface area contributed by atoms with Crippen molar-refractivity contribution in [1.29, 1.82) is 0 Å². The Balaban J connectivity index is 2.06. The number of nitrogen functional groups attached to an aromatic ring is 1. The molecule has 1 aliphatic rings. The average molecular weight is 247 g/mol. The van der Waals surface area contributed by atoms with E-state index in [0.29, 0.717) is 6.04 Å². The van der Waals surface area contributed by atoms with Gasteiger partial charge in [0, 0.05) is 44.5 Å². The normalized spacial score (nSPS) is 19.7. The molecule has 0 spiro atoms. The van der Waals surface area contributed by atoms with Gasteiger partial charge in [0.15, 0.2) is 0 Å². The van der Waals surface area contributed by atoms with Gasteiger partial charge in [-0.25, -0.2) is 0 Å². The van der Waals surface area contributed by atoms with Crippen LogP contribution in [0.2, 0.25) is 0 Å². The van der Waals surface area contributed by atoms with E-state index in [1.807, 2.05) is 36.2 Å². The molecule has 4 nitrogen and oxygen atoms in total. The van der Waals surface area contributed by atoms with Crippen molar-refractivity contribution >= 4 is 17.3 Å². The summed E-state index contributed by atoms with van der Waals surface area (Å²) in [6, 6.07) is 8.26. The highest BCUT2D eigenvalue weighted by atomic mass is 16.2. The molecule has 2 N–H and O–H groups in total. The van der Waals surface area contributed by atoms with Crippen molar-refractivity contribution in [3.05, 3.63) is 24.3 Å². The molecule has 0 aromatic heterocycles. The monoisotopic (exact) mass is 247 g/mol. The molecule has 4 heteroatoms. The fourth-order valence-corrected chi connectivity index (χ4v) is 2.45. The van der Waals surface area contributed by atoms with Crippen molar-refractivity contribution in [3.8, 4) is 0 Å². The van der Waals surface area contributed by atoms with Crippen molar-refractivity contribution in [2.24, 2.45) is 0 Å². The lowest BCUT2D eigenvalue weighted by molar-refractivity contribution is -0.129.